The summed E-state index contributed by atoms with van der Waals surface area (Å²) in [5, 5.41) is 8.25. The third-order valence-corrected chi connectivity index (χ3v) is 1.64. The van der Waals surface area contributed by atoms with Crippen molar-refractivity contribution in [3.63, 3.8) is 0 Å². The van der Waals surface area contributed by atoms with Gasteiger partial charge in [0.2, 0.25) is 0 Å². The summed E-state index contributed by atoms with van der Waals surface area (Å²) < 4.78 is 0. The van der Waals surface area contributed by atoms with Crippen LogP contribution < -0.4 is 0 Å². The lowest BCUT2D eigenvalue weighted by atomic mass is 10.3. The zero-order valence-corrected chi connectivity index (χ0v) is 6.87. The van der Waals surface area contributed by atoms with Crippen molar-refractivity contribution in [1.82, 2.24) is 0 Å². The first-order valence-corrected chi connectivity index (χ1v) is 4.09. The second-order valence-electron chi connectivity index (χ2n) is 1.51. The molecule has 0 rings (SSSR count). The van der Waals surface area contributed by atoms with Crippen LogP contribution in [0.3, 0.4) is 0 Å². The third kappa shape index (κ3) is 4.25. The highest BCUT2D eigenvalue weighted by molar-refractivity contribution is 8.24. The molecule has 0 saturated heterocycles. The van der Waals surface area contributed by atoms with Crippen molar-refractivity contribution in [2.45, 2.75) is 0 Å². The van der Waals surface area contributed by atoms with Gasteiger partial charge in [0.25, 0.3) is 0 Å². The highest BCUT2D eigenvalue weighted by Gasteiger charge is 1.84. The molecule has 0 atom stereocenters. The molecule has 0 bridgehead atoms. The van der Waals surface area contributed by atoms with E-state index in [0.717, 1.165) is 11.0 Å². The first-order valence-electron chi connectivity index (χ1n) is 2.45. The minimum Gasteiger partial charge on any atom is -0.192 e. The van der Waals surface area contributed by atoms with Gasteiger partial charge in [-0.15, -0.1) is 0 Å². The molecule has 0 spiro atoms. The van der Waals surface area contributed by atoms with E-state index >= 15 is 0 Å². The smallest absolute Gasteiger partial charge is 0.0985 e. The van der Waals surface area contributed by atoms with Crippen molar-refractivity contribution in [3.8, 4) is 6.07 Å². The Morgan fingerprint density at radius 1 is 1.50 bits per heavy atom. The largest absolute Gasteiger partial charge is 0.192 e. The molecular formula is C7H6ClNS. The maximum absolute atomic E-state index is 8.25. The fourth-order valence-corrected chi connectivity index (χ4v) is 0.530. The molecule has 0 amide bonds. The van der Waals surface area contributed by atoms with Gasteiger partial charge in [-0.2, -0.15) is 5.26 Å². The van der Waals surface area contributed by atoms with Gasteiger partial charge in [-0.1, -0.05) is 13.2 Å². The van der Waals surface area contributed by atoms with Crippen molar-refractivity contribution < 1.29 is 0 Å². The molecule has 0 aliphatic heterocycles. The molecule has 1 nitrogen and oxygen atoms in total. The number of hydrogen-bond acceptors (Lipinski definition) is 2. The van der Waals surface area contributed by atoms with E-state index in [1.54, 1.807) is 12.2 Å². The van der Waals surface area contributed by atoms with E-state index in [4.69, 9.17) is 15.9 Å². The van der Waals surface area contributed by atoms with Gasteiger partial charge >= 0.3 is 0 Å². The van der Waals surface area contributed by atoms with Crippen LogP contribution in [0.5, 0.6) is 0 Å². The predicted molar refractivity (Wildman–Crippen MR) is 46.5 cm³/mol. The third-order valence-electron chi connectivity index (χ3n) is 0.713. The summed E-state index contributed by atoms with van der Waals surface area (Å²) in [4.78, 5) is 0.693. The molecule has 0 aromatic rings. The Balaban J connectivity index is 3.91. The zero-order chi connectivity index (χ0) is 7.98. The highest BCUT2D eigenvalue weighted by atomic mass is 35.7. The molecule has 0 aliphatic rings. The van der Waals surface area contributed by atoms with Gasteiger partial charge in [0, 0.05) is 10.5 Å². The van der Waals surface area contributed by atoms with Crippen LogP contribution in [0.15, 0.2) is 35.8 Å². The second kappa shape index (κ2) is 5.16. The molecule has 0 aromatic heterocycles. The topological polar surface area (TPSA) is 23.8 Å². The van der Waals surface area contributed by atoms with Crippen LogP contribution in [0.1, 0.15) is 0 Å². The number of rotatable bonds is 3. The lowest BCUT2D eigenvalue weighted by molar-refractivity contribution is 1.51. The number of allylic oxidation sites excluding steroid dienone is 3. The molecule has 0 heterocycles. The molecule has 0 radical (unpaired) electrons. The van der Waals surface area contributed by atoms with Crippen molar-refractivity contribution >= 4 is 21.7 Å². The molecule has 0 aliphatic carbocycles. The van der Waals surface area contributed by atoms with Crippen molar-refractivity contribution in [2.75, 3.05) is 0 Å². The summed E-state index contributed by atoms with van der Waals surface area (Å²) in [5.74, 6) is 0. The van der Waals surface area contributed by atoms with Crippen LogP contribution in [0.4, 0.5) is 0 Å². The molecule has 0 fully saturated rings. The summed E-state index contributed by atoms with van der Waals surface area (Å²) in [5.41, 5.74) is 0.395. The molecule has 10 heavy (non-hydrogen) atoms. The number of nitriles is 1. The van der Waals surface area contributed by atoms with Crippen molar-refractivity contribution in [2.24, 2.45) is 0 Å². The SMILES string of the molecule is C=C(C#N)/C=C\C(=C)SCl. The van der Waals surface area contributed by atoms with Crippen LogP contribution in [0.25, 0.3) is 0 Å². The Bertz CT molecular complexity index is 212. The fraction of sp³-hybridized carbons (Fsp3) is 0. The minimum atomic E-state index is 0.395. The lowest BCUT2D eigenvalue weighted by Crippen LogP contribution is -1.65. The van der Waals surface area contributed by atoms with Gasteiger partial charge in [0.15, 0.2) is 0 Å². The first-order chi connectivity index (χ1) is 4.70. The van der Waals surface area contributed by atoms with Gasteiger partial charge in [-0.3, -0.25) is 0 Å². The maximum Gasteiger partial charge on any atom is 0.0985 e. The molecule has 3 heteroatoms. The van der Waals surface area contributed by atoms with E-state index in [-0.39, 0.29) is 0 Å². The summed E-state index contributed by atoms with van der Waals surface area (Å²) in [6.45, 7) is 7.01. The Hall–Kier alpha value is -0.650. The van der Waals surface area contributed by atoms with E-state index < -0.39 is 0 Å². The Morgan fingerprint density at radius 2 is 2.10 bits per heavy atom. The van der Waals surface area contributed by atoms with E-state index in [0.29, 0.717) is 10.5 Å². The Labute approximate surface area is 69.2 Å². The van der Waals surface area contributed by atoms with Gasteiger partial charge in [-0.05, 0) is 33.8 Å². The monoisotopic (exact) mass is 171 g/mol. The molecule has 0 unspecified atom stereocenters. The minimum absolute atomic E-state index is 0.395. The highest BCUT2D eigenvalue weighted by Crippen LogP contribution is 2.18. The molecule has 0 N–H and O–H groups in total. The van der Waals surface area contributed by atoms with Crippen LogP contribution in [-0.4, -0.2) is 0 Å². The van der Waals surface area contributed by atoms with Gasteiger partial charge in [-0.25, -0.2) is 0 Å². The van der Waals surface area contributed by atoms with Crippen LogP contribution in [0.2, 0.25) is 0 Å². The Morgan fingerprint density at radius 3 is 2.50 bits per heavy atom. The summed E-state index contributed by atoms with van der Waals surface area (Å²) in [6, 6.07) is 1.87. The summed E-state index contributed by atoms with van der Waals surface area (Å²) >= 11 is 0. The normalized spacial score (nSPS) is 9.20. The molecule has 0 aromatic carbocycles. The number of nitrogens with zero attached hydrogens (tertiary/aromatic N) is 1. The van der Waals surface area contributed by atoms with Gasteiger partial charge < -0.3 is 0 Å². The summed E-state index contributed by atoms with van der Waals surface area (Å²) in [7, 11) is 6.35. The van der Waals surface area contributed by atoms with Crippen molar-refractivity contribution in [3.05, 3.63) is 35.8 Å². The van der Waals surface area contributed by atoms with Gasteiger partial charge in [0.05, 0.1) is 6.07 Å². The lowest BCUT2D eigenvalue weighted by Gasteiger charge is -1.86. The standard InChI is InChI=1S/C7H6ClNS/c1-6(5-9)3-4-7(2)10-8/h3-4H,1-2H2/b4-3-. The van der Waals surface area contributed by atoms with Crippen LogP contribution >= 0.6 is 21.7 Å². The Kier molecular flexibility index (Phi) is 4.82. The number of halogens is 1. The summed E-state index contributed by atoms with van der Waals surface area (Å²) in [6.07, 6.45) is 3.21. The van der Waals surface area contributed by atoms with Crippen LogP contribution in [-0.2, 0) is 0 Å². The van der Waals surface area contributed by atoms with E-state index in [1.807, 2.05) is 6.07 Å². The molecule has 52 valence electrons. The van der Waals surface area contributed by atoms with Crippen molar-refractivity contribution in [1.29, 1.82) is 5.26 Å². The van der Waals surface area contributed by atoms with E-state index in [9.17, 15) is 0 Å². The van der Waals surface area contributed by atoms with E-state index in [2.05, 4.69) is 13.2 Å². The molecular weight excluding hydrogens is 166 g/mol. The quantitative estimate of drug-likeness (QED) is 0.482. The fourth-order valence-electron chi connectivity index (χ4n) is 0.257. The average Bonchev–Trinajstić information content (AvgIpc) is 1.99. The first kappa shape index (κ1) is 9.35. The zero-order valence-electron chi connectivity index (χ0n) is 5.30. The van der Waals surface area contributed by atoms with Gasteiger partial charge in [0.1, 0.15) is 0 Å². The van der Waals surface area contributed by atoms with Crippen LogP contribution in [0, 0.1) is 11.3 Å². The molecule has 0 saturated carbocycles. The van der Waals surface area contributed by atoms with E-state index in [1.165, 1.54) is 0 Å². The second-order valence-corrected chi connectivity index (χ2v) is 2.66. The average molecular weight is 172 g/mol. The predicted octanol–water partition coefficient (Wildman–Crippen LogP) is 3.02. The number of hydrogen-bond donors (Lipinski definition) is 0. The maximum atomic E-state index is 8.25.